The summed E-state index contributed by atoms with van der Waals surface area (Å²) in [6.07, 6.45) is 1.57. The highest BCUT2D eigenvalue weighted by Crippen LogP contribution is 2.19. The van der Waals surface area contributed by atoms with Gasteiger partial charge in [-0.2, -0.15) is 4.31 Å². The Kier molecular flexibility index (Phi) is 4.51. The minimum absolute atomic E-state index is 0.129. The Morgan fingerprint density at radius 3 is 2.58 bits per heavy atom. The highest BCUT2D eigenvalue weighted by Gasteiger charge is 2.29. The Bertz CT molecular complexity index is 524. The molecule has 0 amide bonds. The predicted molar refractivity (Wildman–Crippen MR) is 73.0 cm³/mol. The standard InChI is InChI=1S/C12H20N4O2S/c1-2-15-6-8-16(9-7-15)19(17,18)12-4-3-5-14-11(12)10-13/h3-5H,2,6-10,13H2,1H3. The quantitative estimate of drug-likeness (QED) is 0.833. The molecule has 0 bridgehead atoms. The van der Waals surface area contributed by atoms with Gasteiger partial charge in [-0.3, -0.25) is 4.98 Å². The molecule has 2 heterocycles. The lowest BCUT2D eigenvalue weighted by Crippen LogP contribution is -2.48. The van der Waals surface area contributed by atoms with Crippen molar-refractivity contribution in [2.45, 2.75) is 18.4 Å². The summed E-state index contributed by atoms with van der Waals surface area (Å²) in [6.45, 7) is 5.75. The lowest BCUT2D eigenvalue weighted by molar-refractivity contribution is 0.196. The number of hydrogen-bond donors (Lipinski definition) is 1. The fraction of sp³-hybridized carbons (Fsp3) is 0.583. The molecule has 1 fully saturated rings. The molecule has 2 rings (SSSR count). The van der Waals surface area contributed by atoms with E-state index >= 15 is 0 Å². The molecule has 1 aromatic rings. The van der Waals surface area contributed by atoms with E-state index in [0.717, 1.165) is 19.6 Å². The summed E-state index contributed by atoms with van der Waals surface area (Å²) in [5.41, 5.74) is 6.00. The molecule has 1 aromatic heterocycles. The lowest BCUT2D eigenvalue weighted by atomic mass is 10.3. The van der Waals surface area contributed by atoms with E-state index in [1.54, 1.807) is 18.3 Å². The molecule has 19 heavy (non-hydrogen) atoms. The van der Waals surface area contributed by atoms with Crippen LogP contribution in [0, 0.1) is 0 Å². The largest absolute Gasteiger partial charge is 0.325 e. The van der Waals surface area contributed by atoms with E-state index in [4.69, 9.17) is 5.73 Å². The van der Waals surface area contributed by atoms with Crippen molar-refractivity contribution in [2.75, 3.05) is 32.7 Å². The number of sulfonamides is 1. The van der Waals surface area contributed by atoms with Crippen molar-refractivity contribution in [1.29, 1.82) is 0 Å². The number of piperazine rings is 1. The maximum Gasteiger partial charge on any atom is 0.245 e. The monoisotopic (exact) mass is 284 g/mol. The normalized spacial score (nSPS) is 18.6. The van der Waals surface area contributed by atoms with E-state index in [0.29, 0.717) is 18.8 Å². The molecule has 1 aliphatic heterocycles. The second kappa shape index (κ2) is 5.96. The number of nitrogens with zero attached hydrogens (tertiary/aromatic N) is 3. The molecule has 0 radical (unpaired) electrons. The van der Waals surface area contributed by atoms with Gasteiger partial charge in [0.15, 0.2) is 0 Å². The number of hydrogen-bond acceptors (Lipinski definition) is 5. The molecule has 0 aliphatic carbocycles. The van der Waals surface area contributed by atoms with Gasteiger partial charge in [0.2, 0.25) is 10.0 Å². The van der Waals surface area contributed by atoms with Gasteiger partial charge in [0.05, 0.1) is 5.69 Å². The van der Waals surface area contributed by atoms with Crippen molar-refractivity contribution in [3.05, 3.63) is 24.0 Å². The zero-order valence-electron chi connectivity index (χ0n) is 11.1. The number of rotatable bonds is 4. The fourth-order valence-electron chi connectivity index (χ4n) is 2.24. The average Bonchev–Trinajstić information content (AvgIpc) is 2.47. The van der Waals surface area contributed by atoms with Gasteiger partial charge in [-0.05, 0) is 18.7 Å². The first-order chi connectivity index (χ1) is 9.09. The minimum Gasteiger partial charge on any atom is -0.325 e. The van der Waals surface area contributed by atoms with Crippen LogP contribution >= 0.6 is 0 Å². The van der Waals surface area contributed by atoms with Crippen molar-refractivity contribution in [3.63, 3.8) is 0 Å². The summed E-state index contributed by atoms with van der Waals surface area (Å²) in [7, 11) is -3.47. The molecule has 1 saturated heterocycles. The van der Waals surface area contributed by atoms with Gasteiger partial charge < -0.3 is 10.6 Å². The summed E-state index contributed by atoms with van der Waals surface area (Å²) in [5, 5.41) is 0. The van der Waals surface area contributed by atoms with Crippen LogP contribution < -0.4 is 5.73 Å². The zero-order valence-corrected chi connectivity index (χ0v) is 11.9. The van der Waals surface area contributed by atoms with E-state index in [1.165, 1.54) is 4.31 Å². The molecule has 0 saturated carbocycles. The highest BCUT2D eigenvalue weighted by atomic mass is 32.2. The molecule has 1 aliphatic rings. The summed E-state index contributed by atoms with van der Waals surface area (Å²) in [6, 6.07) is 3.21. The lowest BCUT2D eigenvalue weighted by Gasteiger charge is -2.33. The zero-order chi connectivity index (χ0) is 13.9. The molecular formula is C12H20N4O2S. The van der Waals surface area contributed by atoms with Crippen LogP contribution in [0.1, 0.15) is 12.6 Å². The van der Waals surface area contributed by atoms with Gasteiger partial charge in [0.25, 0.3) is 0 Å². The van der Waals surface area contributed by atoms with Crippen LogP contribution in [0.15, 0.2) is 23.2 Å². The van der Waals surface area contributed by atoms with Crippen LogP contribution in [0.2, 0.25) is 0 Å². The summed E-state index contributed by atoms with van der Waals surface area (Å²) < 4.78 is 26.7. The Labute approximate surface area is 114 Å². The van der Waals surface area contributed by atoms with Crippen molar-refractivity contribution < 1.29 is 8.42 Å². The van der Waals surface area contributed by atoms with E-state index < -0.39 is 10.0 Å². The van der Waals surface area contributed by atoms with Crippen molar-refractivity contribution in [3.8, 4) is 0 Å². The van der Waals surface area contributed by atoms with Crippen LogP contribution in [0.5, 0.6) is 0 Å². The Hall–Kier alpha value is -1.02. The van der Waals surface area contributed by atoms with Crippen molar-refractivity contribution in [2.24, 2.45) is 5.73 Å². The maximum absolute atomic E-state index is 12.6. The summed E-state index contributed by atoms with van der Waals surface area (Å²) >= 11 is 0. The first kappa shape index (κ1) is 14.4. The molecule has 0 atom stereocenters. The molecular weight excluding hydrogens is 264 g/mol. The Morgan fingerprint density at radius 2 is 2.00 bits per heavy atom. The number of nitrogens with two attached hydrogens (primary N) is 1. The number of pyridine rings is 1. The smallest absolute Gasteiger partial charge is 0.245 e. The highest BCUT2D eigenvalue weighted by molar-refractivity contribution is 7.89. The maximum atomic E-state index is 12.6. The molecule has 0 aromatic carbocycles. The SMILES string of the molecule is CCN1CCN(S(=O)(=O)c2cccnc2CN)CC1. The molecule has 106 valence electrons. The van der Waals surface area contributed by atoms with Gasteiger partial charge in [-0.15, -0.1) is 0 Å². The van der Waals surface area contributed by atoms with Gasteiger partial charge in [0, 0.05) is 38.9 Å². The van der Waals surface area contributed by atoms with Crippen LogP contribution in [0.3, 0.4) is 0 Å². The van der Waals surface area contributed by atoms with E-state index in [-0.39, 0.29) is 11.4 Å². The number of aromatic nitrogens is 1. The van der Waals surface area contributed by atoms with Crippen molar-refractivity contribution in [1.82, 2.24) is 14.2 Å². The first-order valence-electron chi connectivity index (χ1n) is 6.46. The van der Waals surface area contributed by atoms with Gasteiger partial charge in [-0.1, -0.05) is 6.92 Å². The molecule has 0 spiro atoms. The Morgan fingerprint density at radius 1 is 1.32 bits per heavy atom. The van der Waals surface area contributed by atoms with E-state index in [2.05, 4.69) is 16.8 Å². The van der Waals surface area contributed by atoms with Crippen LogP contribution in [-0.4, -0.2) is 55.3 Å². The van der Waals surface area contributed by atoms with E-state index in [9.17, 15) is 8.42 Å². The molecule has 6 nitrogen and oxygen atoms in total. The third-order valence-electron chi connectivity index (χ3n) is 3.44. The molecule has 0 unspecified atom stereocenters. The second-order valence-corrected chi connectivity index (χ2v) is 6.40. The average molecular weight is 284 g/mol. The third kappa shape index (κ3) is 2.94. The van der Waals surface area contributed by atoms with Crippen molar-refractivity contribution >= 4 is 10.0 Å². The first-order valence-corrected chi connectivity index (χ1v) is 7.90. The van der Waals surface area contributed by atoms with Crippen LogP contribution in [0.25, 0.3) is 0 Å². The predicted octanol–water partition coefficient (Wildman–Crippen LogP) is -0.133. The fourth-order valence-corrected chi connectivity index (χ4v) is 3.84. The molecule has 2 N–H and O–H groups in total. The van der Waals surface area contributed by atoms with E-state index in [1.807, 2.05) is 0 Å². The topological polar surface area (TPSA) is 79.5 Å². The summed E-state index contributed by atoms with van der Waals surface area (Å²) in [4.78, 5) is 6.52. The van der Waals surface area contributed by atoms with Gasteiger partial charge in [-0.25, -0.2) is 8.42 Å². The Balaban J connectivity index is 2.23. The van der Waals surface area contributed by atoms with Gasteiger partial charge in [0.1, 0.15) is 4.90 Å². The minimum atomic E-state index is -3.47. The third-order valence-corrected chi connectivity index (χ3v) is 5.41. The van der Waals surface area contributed by atoms with Crippen LogP contribution in [0.4, 0.5) is 0 Å². The summed E-state index contributed by atoms with van der Waals surface area (Å²) in [5.74, 6) is 0. The van der Waals surface area contributed by atoms with Gasteiger partial charge >= 0.3 is 0 Å². The molecule has 7 heteroatoms. The number of likely N-dealkylation sites (N-methyl/N-ethyl adjacent to an activating group) is 1. The van der Waals surface area contributed by atoms with Crippen LogP contribution in [-0.2, 0) is 16.6 Å². The second-order valence-electron chi connectivity index (χ2n) is 4.49.